The molecule has 1 unspecified atom stereocenters. The van der Waals surface area contributed by atoms with Crippen LogP contribution in [0.2, 0.25) is 5.02 Å². The third-order valence-corrected chi connectivity index (χ3v) is 6.85. The molecule has 5 rings (SSSR count). The minimum absolute atomic E-state index is 0.0762. The van der Waals surface area contributed by atoms with E-state index in [0.29, 0.717) is 16.5 Å². The summed E-state index contributed by atoms with van der Waals surface area (Å²) in [5.41, 5.74) is 6.29. The molecule has 8 heteroatoms. The van der Waals surface area contributed by atoms with Gasteiger partial charge in [-0.2, -0.15) is 9.94 Å². The third-order valence-electron chi connectivity index (χ3n) is 6.62. The Balaban J connectivity index is 1.41. The molecule has 184 valence electrons. The lowest BCUT2D eigenvalue weighted by Crippen LogP contribution is -2.04. The number of tetrazole rings is 1. The molecule has 1 N–H and O–H groups in total. The first-order valence-corrected chi connectivity index (χ1v) is 12.6. The van der Waals surface area contributed by atoms with Crippen LogP contribution in [0.1, 0.15) is 49.1 Å². The second kappa shape index (κ2) is 10.8. The Kier molecular flexibility index (Phi) is 7.11. The maximum Gasteiger partial charge on any atom is 0.143 e. The fraction of sp³-hybridized carbons (Fsp3) is 0.207. The molecule has 1 fully saturated rings. The Hall–Kier alpha value is -4.28. The number of nitriles is 1. The van der Waals surface area contributed by atoms with Crippen LogP contribution in [0.25, 0.3) is 22.5 Å². The van der Waals surface area contributed by atoms with Gasteiger partial charge in [-0.15, -0.1) is 5.10 Å². The van der Waals surface area contributed by atoms with Gasteiger partial charge < -0.3 is 4.98 Å². The highest BCUT2D eigenvalue weighted by Crippen LogP contribution is 2.41. The highest BCUT2D eigenvalue weighted by Gasteiger charge is 2.29. The number of hydrogen-bond donors (Lipinski definition) is 1. The number of allylic oxidation sites excluding steroid dienone is 5. The molecule has 4 aromatic rings. The van der Waals surface area contributed by atoms with E-state index in [0.717, 1.165) is 45.9 Å². The van der Waals surface area contributed by atoms with Gasteiger partial charge in [-0.1, -0.05) is 61.4 Å². The van der Waals surface area contributed by atoms with Crippen molar-refractivity contribution < 1.29 is 0 Å². The first-order valence-electron chi connectivity index (χ1n) is 12.2. The summed E-state index contributed by atoms with van der Waals surface area (Å²) in [6, 6.07) is 15.3. The molecule has 1 aliphatic rings. The number of H-pyrrole nitrogens is 1. The third kappa shape index (κ3) is 5.60. The summed E-state index contributed by atoms with van der Waals surface area (Å²) in [7, 11) is 0. The number of aromatic nitrogens is 6. The van der Waals surface area contributed by atoms with Crippen molar-refractivity contribution in [3.63, 3.8) is 0 Å². The van der Waals surface area contributed by atoms with Crippen LogP contribution in [0, 0.1) is 17.2 Å². The molecule has 0 amide bonds. The van der Waals surface area contributed by atoms with Crippen LogP contribution in [0.3, 0.4) is 0 Å². The topological polar surface area (TPSA) is 96.1 Å². The van der Waals surface area contributed by atoms with Gasteiger partial charge in [0.05, 0.1) is 29.2 Å². The predicted octanol–water partition coefficient (Wildman–Crippen LogP) is 6.68. The molecule has 1 atom stereocenters. The van der Waals surface area contributed by atoms with E-state index in [1.807, 2.05) is 61.7 Å². The van der Waals surface area contributed by atoms with Gasteiger partial charge in [0, 0.05) is 16.5 Å². The molecule has 0 radical (unpaired) electrons. The molecular weight excluding hydrogens is 482 g/mol. The van der Waals surface area contributed by atoms with E-state index in [1.165, 1.54) is 12.8 Å². The van der Waals surface area contributed by atoms with Crippen LogP contribution in [0.5, 0.6) is 0 Å². The monoisotopic (exact) mass is 507 g/mol. The van der Waals surface area contributed by atoms with Gasteiger partial charge >= 0.3 is 0 Å². The van der Waals surface area contributed by atoms with Gasteiger partial charge in [-0.05, 0) is 76.7 Å². The Bertz CT molecular complexity index is 1500. The molecule has 0 bridgehead atoms. The Morgan fingerprint density at radius 3 is 2.73 bits per heavy atom. The van der Waals surface area contributed by atoms with Crippen molar-refractivity contribution in [3.05, 3.63) is 107 Å². The summed E-state index contributed by atoms with van der Waals surface area (Å²) < 4.78 is 1.63. The lowest BCUT2D eigenvalue weighted by molar-refractivity contribution is 0.624. The quantitative estimate of drug-likeness (QED) is 0.255. The molecule has 0 saturated heterocycles. The molecule has 1 saturated carbocycles. The summed E-state index contributed by atoms with van der Waals surface area (Å²) in [5, 5.41) is 21.3. The van der Waals surface area contributed by atoms with Crippen LogP contribution in [0.4, 0.5) is 0 Å². The fourth-order valence-electron chi connectivity index (χ4n) is 4.38. The number of rotatable bonds is 9. The molecule has 0 aliphatic heterocycles. The van der Waals surface area contributed by atoms with Gasteiger partial charge in [0.1, 0.15) is 12.2 Å². The van der Waals surface area contributed by atoms with Crippen molar-refractivity contribution in [2.24, 2.45) is 5.92 Å². The molecule has 7 nitrogen and oxygen atoms in total. The standard InChI is InChI=1S/C29H26ClN7/c1-3-22(26-15-24(30)12-13-28(26)37-18-33-35-36-37)9-4-19(2)25(14-20-5-6-20)29-32-17-27(34-29)23-10-7-21(16-31)8-11-23/h3-4,7-13,15,17-18,20,25H,2,5-6,14H2,1H3,(H,32,34)/b9-4-,22-3+. The maximum atomic E-state index is 9.08. The number of halogens is 1. The highest BCUT2D eigenvalue weighted by atomic mass is 35.5. The summed E-state index contributed by atoms with van der Waals surface area (Å²) in [6.45, 7) is 6.42. The van der Waals surface area contributed by atoms with Gasteiger partial charge in [0.2, 0.25) is 0 Å². The second-order valence-corrected chi connectivity index (χ2v) is 9.61. The number of nitrogens with one attached hydrogen (secondary N) is 1. The van der Waals surface area contributed by atoms with E-state index >= 15 is 0 Å². The largest absolute Gasteiger partial charge is 0.341 e. The summed E-state index contributed by atoms with van der Waals surface area (Å²) in [6.07, 6.45) is 13.1. The van der Waals surface area contributed by atoms with Crippen molar-refractivity contribution in [2.45, 2.75) is 32.1 Å². The second-order valence-electron chi connectivity index (χ2n) is 9.17. The zero-order valence-electron chi connectivity index (χ0n) is 20.5. The van der Waals surface area contributed by atoms with E-state index in [2.05, 4.69) is 45.3 Å². The van der Waals surface area contributed by atoms with Gasteiger partial charge in [-0.3, -0.25) is 0 Å². The molecule has 1 aliphatic carbocycles. The first-order chi connectivity index (χ1) is 18.1. The highest BCUT2D eigenvalue weighted by molar-refractivity contribution is 6.30. The lowest BCUT2D eigenvalue weighted by atomic mass is 9.92. The number of hydrogen-bond acceptors (Lipinski definition) is 5. The van der Waals surface area contributed by atoms with Crippen molar-refractivity contribution >= 4 is 17.2 Å². The molecular formula is C29H26ClN7. The fourth-order valence-corrected chi connectivity index (χ4v) is 4.55. The normalized spacial score (nSPS) is 14.6. The van der Waals surface area contributed by atoms with Crippen LogP contribution in [0.15, 0.2) is 85.4 Å². The minimum atomic E-state index is 0.0762. The van der Waals surface area contributed by atoms with Crippen molar-refractivity contribution in [2.75, 3.05) is 0 Å². The van der Waals surface area contributed by atoms with Crippen LogP contribution < -0.4 is 0 Å². The van der Waals surface area contributed by atoms with Crippen LogP contribution in [-0.4, -0.2) is 30.2 Å². The molecule has 0 spiro atoms. The number of aromatic amines is 1. The smallest absolute Gasteiger partial charge is 0.143 e. The summed E-state index contributed by atoms with van der Waals surface area (Å²) >= 11 is 6.35. The summed E-state index contributed by atoms with van der Waals surface area (Å²) in [5.74, 6) is 1.67. The van der Waals surface area contributed by atoms with Crippen LogP contribution in [-0.2, 0) is 0 Å². The van der Waals surface area contributed by atoms with Crippen molar-refractivity contribution in [3.8, 4) is 23.0 Å². The van der Waals surface area contributed by atoms with E-state index in [1.54, 1.807) is 11.0 Å². The van der Waals surface area contributed by atoms with Crippen LogP contribution >= 0.6 is 11.6 Å². The molecule has 2 aromatic carbocycles. The minimum Gasteiger partial charge on any atom is -0.341 e. The Morgan fingerprint density at radius 2 is 2.05 bits per heavy atom. The lowest BCUT2D eigenvalue weighted by Gasteiger charge is -2.16. The van der Waals surface area contributed by atoms with E-state index in [4.69, 9.17) is 21.8 Å². The predicted molar refractivity (Wildman–Crippen MR) is 145 cm³/mol. The van der Waals surface area contributed by atoms with Gasteiger partial charge in [0.25, 0.3) is 0 Å². The van der Waals surface area contributed by atoms with Gasteiger partial charge in [0.15, 0.2) is 0 Å². The average molecular weight is 508 g/mol. The van der Waals surface area contributed by atoms with Crippen molar-refractivity contribution in [1.29, 1.82) is 5.26 Å². The first kappa shape index (κ1) is 24.4. The molecule has 2 heterocycles. The Morgan fingerprint density at radius 1 is 1.24 bits per heavy atom. The number of benzene rings is 2. The number of nitrogens with zero attached hydrogens (tertiary/aromatic N) is 6. The zero-order valence-corrected chi connectivity index (χ0v) is 21.2. The molecule has 37 heavy (non-hydrogen) atoms. The maximum absolute atomic E-state index is 9.08. The van der Waals surface area contributed by atoms with Crippen molar-refractivity contribution in [1.82, 2.24) is 30.2 Å². The SMILES string of the molecule is C=C(/C=C\C(=C/C)c1cc(Cl)ccc1-n1cnnn1)C(CC1CC1)c1ncc(-c2ccc(C#N)cc2)[nH]1. The zero-order chi connectivity index (χ0) is 25.8. The summed E-state index contributed by atoms with van der Waals surface area (Å²) in [4.78, 5) is 8.23. The van der Waals surface area contributed by atoms with Gasteiger partial charge in [-0.25, -0.2) is 4.98 Å². The molecule has 2 aromatic heterocycles. The van der Waals surface area contributed by atoms with E-state index < -0.39 is 0 Å². The van der Waals surface area contributed by atoms with E-state index in [9.17, 15) is 0 Å². The number of imidazole rings is 1. The average Bonchev–Trinajstić information content (AvgIpc) is 3.35. The Labute approximate surface area is 220 Å². The van der Waals surface area contributed by atoms with E-state index in [-0.39, 0.29) is 5.92 Å².